The molecule has 0 unspecified atom stereocenters. The largest absolute Gasteiger partial charge is 0.381 e. The molecule has 2 saturated heterocycles. The Morgan fingerprint density at radius 2 is 1.78 bits per heavy atom. The summed E-state index contributed by atoms with van der Waals surface area (Å²) in [4.78, 5) is 42.7. The Morgan fingerprint density at radius 1 is 1.06 bits per heavy atom. The fourth-order valence-electron chi connectivity index (χ4n) is 8.29. The molecule has 0 aromatic heterocycles. The summed E-state index contributed by atoms with van der Waals surface area (Å²) in [6.45, 7) is 13.4. The van der Waals surface area contributed by atoms with Gasteiger partial charge in [-0.1, -0.05) is 19.1 Å². The van der Waals surface area contributed by atoms with E-state index in [1.54, 1.807) is 6.92 Å². The second-order valence-electron chi connectivity index (χ2n) is 13.7. The van der Waals surface area contributed by atoms with Gasteiger partial charge in [-0.05, 0) is 100 Å². The third kappa shape index (κ3) is 6.22. The number of carbonyl (C=O) groups is 1. The molecule has 1 amide bonds. The number of amides is 1. The zero-order chi connectivity index (χ0) is 35.6. The monoisotopic (exact) mass is 682 g/mol. The highest BCUT2D eigenvalue weighted by molar-refractivity contribution is 6.00. The Bertz CT molecular complexity index is 1840. The van der Waals surface area contributed by atoms with E-state index in [9.17, 15) is 14.4 Å². The number of allylic oxidation sites excluding steroid dienone is 4. The van der Waals surface area contributed by atoms with Gasteiger partial charge in [0.1, 0.15) is 23.2 Å². The van der Waals surface area contributed by atoms with Crippen molar-refractivity contribution in [2.45, 2.75) is 78.2 Å². The molecule has 1 spiro atoms. The molecular formula is C40H47FN4O5. The van der Waals surface area contributed by atoms with Crippen LogP contribution in [0.2, 0.25) is 0 Å². The minimum Gasteiger partial charge on any atom is -0.381 e. The van der Waals surface area contributed by atoms with Crippen LogP contribution >= 0.6 is 0 Å². The zero-order valence-electron chi connectivity index (χ0n) is 29.8. The molecule has 2 aromatic carbocycles. The SMILES string of the molecule is CCCN1C(=C=O)C2(CCOCC2)c2ccc(-c3cc(N(CC)C4CCOCC4)c(C)c(C(=O)NCC4=C(C)C=C(C)NC4=C=O)c3F)cc21. The first-order chi connectivity index (χ1) is 24.2. The first kappa shape index (κ1) is 35.4. The number of rotatable bonds is 9. The molecule has 2 fully saturated rings. The molecule has 2 N–H and O–H groups in total. The third-order valence-electron chi connectivity index (χ3n) is 10.8. The summed E-state index contributed by atoms with van der Waals surface area (Å²) in [6, 6.07) is 7.95. The van der Waals surface area contributed by atoms with E-state index in [1.807, 2.05) is 55.0 Å². The van der Waals surface area contributed by atoms with Crippen LogP contribution in [0.1, 0.15) is 81.3 Å². The number of halogens is 1. The molecule has 6 rings (SSSR count). The van der Waals surface area contributed by atoms with Crippen LogP contribution in [0.5, 0.6) is 0 Å². The van der Waals surface area contributed by atoms with Crippen LogP contribution in [-0.2, 0) is 24.5 Å². The van der Waals surface area contributed by atoms with E-state index < -0.39 is 17.1 Å². The minimum atomic E-state index is -0.618. The summed E-state index contributed by atoms with van der Waals surface area (Å²) in [5.74, 6) is 3.04. The number of dihydropyridines is 1. The van der Waals surface area contributed by atoms with Gasteiger partial charge in [0.2, 0.25) is 0 Å². The lowest BCUT2D eigenvalue weighted by Crippen LogP contribution is -2.40. The number of hydrogen-bond donors (Lipinski definition) is 2. The van der Waals surface area contributed by atoms with Crippen LogP contribution in [0.25, 0.3) is 11.1 Å². The van der Waals surface area contributed by atoms with Gasteiger partial charge in [-0.3, -0.25) is 4.79 Å². The maximum atomic E-state index is 17.1. The number of hydrogen-bond acceptors (Lipinski definition) is 8. The smallest absolute Gasteiger partial charge is 0.254 e. The molecule has 9 nitrogen and oxygen atoms in total. The number of benzene rings is 2. The van der Waals surface area contributed by atoms with Crippen molar-refractivity contribution in [1.82, 2.24) is 10.6 Å². The van der Waals surface area contributed by atoms with Crippen LogP contribution in [0.4, 0.5) is 15.8 Å². The number of anilines is 2. The number of nitrogens with one attached hydrogen (secondary N) is 2. The van der Waals surface area contributed by atoms with Gasteiger partial charge in [0.25, 0.3) is 5.91 Å². The first-order valence-corrected chi connectivity index (χ1v) is 17.8. The molecule has 0 bridgehead atoms. The molecule has 0 aliphatic carbocycles. The molecule has 4 aliphatic heterocycles. The number of fused-ring (bicyclic) bond motifs is 2. The highest BCUT2D eigenvalue weighted by atomic mass is 19.1. The minimum absolute atomic E-state index is 0.0271. The summed E-state index contributed by atoms with van der Waals surface area (Å²) in [5, 5.41) is 5.92. The summed E-state index contributed by atoms with van der Waals surface area (Å²) in [5.41, 5.74) is 6.76. The van der Waals surface area contributed by atoms with Gasteiger partial charge in [-0.15, -0.1) is 0 Å². The third-order valence-corrected chi connectivity index (χ3v) is 10.8. The standard InChI is InChI=1S/C40H47FN4O5/c1-6-14-45-35-20-28(8-9-32(35)40(36(45)24-47)12-17-50-18-13-40)30-21-34(44(7-2)29-10-15-49-16-11-29)27(5)37(38(30)41)39(48)42-22-31-25(3)19-26(4)43-33(31)23-46/h8-9,19-21,29,43H,6-7,10-18,22H2,1-5H3,(H,42,48). The van der Waals surface area contributed by atoms with Crippen molar-refractivity contribution in [3.05, 3.63) is 81.1 Å². The second-order valence-corrected chi connectivity index (χ2v) is 13.7. The van der Waals surface area contributed by atoms with Crippen molar-refractivity contribution in [3.63, 3.8) is 0 Å². The predicted octanol–water partition coefficient (Wildman–Crippen LogP) is 6.07. The summed E-state index contributed by atoms with van der Waals surface area (Å²) in [6.07, 6.45) is 5.71. The molecule has 50 heavy (non-hydrogen) atoms. The van der Waals surface area contributed by atoms with E-state index in [4.69, 9.17) is 9.47 Å². The Balaban J connectivity index is 1.48. The maximum Gasteiger partial charge on any atom is 0.254 e. The van der Waals surface area contributed by atoms with E-state index in [-0.39, 0.29) is 23.8 Å². The van der Waals surface area contributed by atoms with E-state index >= 15 is 4.39 Å². The Hall–Kier alpha value is -4.46. The number of nitrogens with zero attached hydrogens (tertiary/aromatic N) is 2. The molecule has 10 heteroatoms. The molecule has 4 aliphatic rings. The van der Waals surface area contributed by atoms with Gasteiger partial charge < -0.3 is 29.9 Å². The van der Waals surface area contributed by atoms with E-state index in [0.717, 1.165) is 47.5 Å². The predicted molar refractivity (Wildman–Crippen MR) is 193 cm³/mol. The van der Waals surface area contributed by atoms with Crippen molar-refractivity contribution >= 4 is 29.2 Å². The molecule has 4 heterocycles. The molecule has 264 valence electrons. The lowest BCUT2D eigenvalue weighted by molar-refractivity contribution is 0.0636. The van der Waals surface area contributed by atoms with Gasteiger partial charge in [0.15, 0.2) is 5.94 Å². The van der Waals surface area contributed by atoms with Crippen molar-refractivity contribution in [2.75, 3.05) is 55.9 Å². The summed E-state index contributed by atoms with van der Waals surface area (Å²) < 4.78 is 28.4. The van der Waals surface area contributed by atoms with E-state index in [1.165, 1.54) is 0 Å². The highest BCUT2D eigenvalue weighted by Crippen LogP contribution is 2.53. The maximum absolute atomic E-state index is 17.1. The topological polar surface area (TPSA) is 100 Å². The molecular weight excluding hydrogens is 635 g/mol. The summed E-state index contributed by atoms with van der Waals surface area (Å²) in [7, 11) is 0. The van der Waals surface area contributed by atoms with Gasteiger partial charge in [-0.2, -0.15) is 0 Å². The fourth-order valence-corrected chi connectivity index (χ4v) is 8.29. The number of carbonyl (C=O) groups excluding carboxylic acids is 3. The van der Waals surface area contributed by atoms with E-state index in [2.05, 4.69) is 35.3 Å². The Labute approximate surface area is 293 Å². The average molecular weight is 683 g/mol. The van der Waals surface area contributed by atoms with Crippen molar-refractivity contribution in [1.29, 1.82) is 0 Å². The molecule has 0 atom stereocenters. The average Bonchev–Trinajstić information content (AvgIpc) is 3.36. The second kappa shape index (κ2) is 14.8. The summed E-state index contributed by atoms with van der Waals surface area (Å²) >= 11 is 0. The highest BCUT2D eigenvalue weighted by Gasteiger charge is 2.49. The normalized spacial score (nSPS) is 18.8. The van der Waals surface area contributed by atoms with Gasteiger partial charge in [0, 0.05) is 80.3 Å². The van der Waals surface area contributed by atoms with Crippen LogP contribution in [-0.4, -0.2) is 69.9 Å². The zero-order valence-corrected chi connectivity index (χ0v) is 29.8. The van der Waals surface area contributed by atoms with Crippen molar-refractivity contribution in [3.8, 4) is 11.1 Å². The van der Waals surface area contributed by atoms with Gasteiger partial charge in [0.05, 0.1) is 11.0 Å². The van der Waals surface area contributed by atoms with Crippen LogP contribution in [0, 0.1) is 12.7 Å². The molecule has 2 aromatic rings. The quantitative estimate of drug-likeness (QED) is 0.308. The Morgan fingerprint density at radius 3 is 2.44 bits per heavy atom. The van der Waals surface area contributed by atoms with Gasteiger partial charge >= 0.3 is 0 Å². The molecule has 0 saturated carbocycles. The van der Waals surface area contributed by atoms with E-state index in [0.29, 0.717) is 80.3 Å². The first-order valence-electron chi connectivity index (χ1n) is 17.8. The van der Waals surface area contributed by atoms with Crippen molar-refractivity contribution < 1.29 is 28.2 Å². The van der Waals surface area contributed by atoms with Crippen LogP contribution in [0.3, 0.4) is 0 Å². The molecule has 0 radical (unpaired) electrons. The van der Waals surface area contributed by atoms with Crippen molar-refractivity contribution in [2.24, 2.45) is 0 Å². The lowest BCUT2D eigenvalue weighted by atomic mass is 9.73. The van der Waals surface area contributed by atoms with Gasteiger partial charge in [-0.25, -0.2) is 14.0 Å². The Kier molecular flexibility index (Phi) is 10.5. The van der Waals surface area contributed by atoms with Crippen LogP contribution in [0.15, 0.2) is 58.6 Å². The lowest BCUT2D eigenvalue weighted by Gasteiger charge is -2.37. The fraction of sp³-hybridized carbons (Fsp3) is 0.475. The van der Waals surface area contributed by atoms with Crippen LogP contribution < -0.4 is 20.4 Å². The number of ether oxygens (including phenoxy) is 2.